The van der Waals surface area contributed by atoms with Crippen molar-refractivity contribution in [3.05, 3.63) is 63.6 Å². The number of benzene rings is 2. The summed E-state index contributed by atoms with van der Waals surface area (Å²) in [4.78, 5) is 11.8. The molecule has 0 spiro atoms. The molecule has 2 aromatic carbocycles. The van der Waals surface area contributed by atoms with E-state index in [1.807, 2.05) is 6.92 Å². The molecule has 0 aliphatic carbocycles. The number of carbonyl (C=O) groups excluding carboxylic acids is 1. The van der Waals surface area contributed by atoms with E-state index < -0.39 is 23.1 Å². The molecule has 0 radical (unpaired) electrons. The number of hydrogen-bond donors (Lipinski definition) is 1. The quantitative estimate of drug-likeness (QED) is 0.876. The van der Waals surface area contributed by atoms with E-state index in [-0.39, 0.29) is 0 Å². The number of amides is 1. The Hall–Kier alpha value is -1.75. The van der Waals surface area contributed by atoms with Crippen LogP contribution in [0.4, 0.5) is 14.5 Å². The van der Waals surface area contributed by atoms with Gasteiger partial charge in [-0.3, -0.25) is 4.79 Å². The van der Waals surface area contributed by atoms with Crippen LogP contribution < -0.4 is 5.32 Å². The first-order chi connectivity index (χ1) is 8.99. The van der Waals surface area contributed by atoms with Crippen molar-refractivity contribution < 1.29 is 13.6 Å². The van der Waals surface area contributed by atoms with Crippen LogP contribution >= 0.6 is 15.9 Å². The average molecular weight is 326 g/mol. The fourth-order valence-electron chi connectivity index (χ4n) is 1.63. The van der Waals surface area contributed by atoms with E-state index in [1.165, 1.54) is 6.07 Å². The molecule has 0 unspecified atom stereocenters. The number of carbonyl (C=O) groups is 1. The van der Waals surface area contributed by atoms with Crippen molar-refractivity contribution >= 4 is 27.5 Å². The molecule has 2 rings (SSSR count). The Morgan fingerprint density at radius 3 is 2.37 bits per heavy atom. The van der Waals surface area contributed by atoms with E-state index in [0.717, 1.165) is 22.2 Å². The molecular weight excluding hydrogens is 316 g/mol. The second kappa shape index (κ2) is 5.48. The van der Waals surface area contributed by atoms with E-state index >= 15 is 0 Å². The average Bonchev–Trinajstić information content (AvgIpc) is 2.33. The first-order valence-electron chi connectivity index (χ1n) is 5.50. The zero-order valence-corrected chi connectivity index (χ0v) is 11.6. The summed E-state index contributed by atoms with van der Waals surface area (Å²) < 4.78 is 27.8. The number of hydrogen-bond acceptors (Lipinski definition) is 1. The highest BCUT2D eigenvalue weighted by atomic mass is 79.9. The van der Waals surface area contributed by atoms with Crippen molar-refractivity contribution in [2.24, 2.45) is 0 Å². The summed E-state index contributed by atoms with van der Waals surface area (Å²) in [5.74, 6) is -2.57. The first-order valence-corrected chi connectivity index (χ1v) is 6.30. The van der Waals surface area contributed by atoms with E-state index in [9.17, 15) is 13.6 Å². The van der Waals surface area contributed by atoms with Gasteiger partial charge >= 0.3 is 0 Å². The first kappa shape index (κ1) is 13.7. The molecule has 1 amide bonds. The highest BCUT2D eigenvalue weighted by molar-refractivity contribution is 9.10. The van der Waals surface area contributed by atoms with Crippen molar-refractivity contribution in [2.45, 2.75) is 6.92 Å². The summed E-state index contributed by atoms with van der Waals surface area (Å²) in [6.07, 6.45) is 0. The van der Waals surface area contributed by atoms with Gasteiger partial charge in [0.25, 0.3) is 5.91 Å². The van der Waals surface area contributed by atoms with Crippen LogP contribution in [0.25, 0.3) is 0 Å². The monoisotopic (exact) mass is 325 g/mol. The van der Waals surface area contributed by atoms with E-state index in [2.05, 4.69) is 21.2 Å². The molecule has 0 saturated heterocycles. The van der Waals surface area contributed by atoms with Gasteiger partial charge < -0.3 is 5.32 Å². The van der Waals surface area contributed by atoms with Gasteiger partial charge in [0.15, 0.2) is 0 Å². The van der Waals surface area contributed by atoms with Crippen LogP contribution in [0.3, 0.4) is 0 Å². The number of halogens is 3. The Morgan fingerprint density at radius 1 is 1.16 bits per heavy atom. The van der Waals surface area contributed by atoms with Crippen LogP contribution in [0.5, 0.6) is 0 Å². The minimum atomic E-state index is -0.883. The van der Waals surface area contributed by atoms with Crippen molar-refractivity contribution in [2.75, 3.05) is 5.32 Å². The number of aryl methyl sites for hydroxylation is 1. The Labute approximate surface area is 117 Å². The molecule has 0 bridgehead atoms. The summed E-state index contributed by atoms with van der Waals surface area (Å²) in [7, 11) is 0. The highest BCUT2D eigenvalue weighted by Gasteiger charge is 2.17. The SMILES string of the molecule is Cc1cc(NC(=O)c2c(F)cccc2F)ccc1Br. The molecule has 0 atom stereocenters. The van der Waals surface area contributed by atoms with Crippen molar-refractivity contribution in [1.82, 2.24) is 0 Å². The number of anilines is 1. The van der Waals surface area contributed by atoms with Gasteiger partial charge in [0.2, 0.25) is 0 Å². The molecule has 5 heteroatoms. The van der Waals surface area contributed by atoms with Crippen LogP contribution in [0.1, 0.15) is 15.9 Å². The molecule has 0 aromatic heterocycles. The predicted octanol–water partition coefficient (Wildman–Crippen LogP) is 4.29. The molecule has 0 saturated carbocycles. The minimum Gasteiger partial charge on any atom is -0.322 e. The summed E-state index contributed by atoms with van der Waals surface area (Å²) >= 11 is 3.33. The van der Waals surface area contributed by atoms with E-state index in [0.29, 0.717) is 5.69 Å². The van der Waals surface area contributed by atoms with E-state index in [1.54, 1.807) is 18.2 Å². The maximum Gasteiger partial charge on any atom is 0.261 e. The highest BCUT2D eigenvalue weighted by Crippen LogP contribution is 2.21. The molecule has 0 aliphatic rings. The van der Waals surface area contributed by atoms with Gasteiger partial charge in [-0.15, -0.1) is 0 Å². The molecule has 0 fully saturated rings. The van der Waals surface area contributed by atoms with Crippen LogP contribution in [0.15, 0.2) is 40.9 Å². The summed E-state index contributed by atoms with van der Waals surface area (Å²) in [5, 5.41) is 2.47. The maximum atomic E-state index is 13.4. The minimum absolute atomic E-state index is 0.480. The summed E-state index contributed by atoms with van der Waals surface area (Å²) in [5.41, 5.74) is 0.809. The Morgan fingerprint density at radius 2 is 1.79 bits per heavy atom. The van der Waals surface area contributed by atoms with Gasteiger partial charge in [-0.2, -0.15) is 0 Å². The third-order valence-electron chi connectivity index (χ3n) is 2.61. The molecule has 0 heterocycles. The van der Waals surface area contributed by atoms with Gasteiger partial charge in [-0.05, 0) is 42.8 Å². The van der Waals surface area contributed by atoms with Crippen molar-refractivity contribution in [3.63, 3.8) is 0 Å². The van der Waals surface area contributed by atoms with Crippen LogP contribution in [-0.2, 0) is 0 Å². The lowest BCUT2D eigenvalue weighted by Crippen LogP contribution is -2.15. The molecule has 19 heavy (non-hydrogen) atoms. The molecule has 1 N–H and O–H groups in total. The van der Waals surface area contributed by atoms with Gasteiger partial charge in [-0.1, -0.05) is 22.0 Å². The lowest BCUT2D eigenvalue weighted by Gasteiger charge is -2.08. The van der Waals surface area contributed by atoms with E-state index in [4.69, 9.17) is 0 Å². The summed E-state index contributed by atoms with van der Waals surface area (Å²) in [6, 6.07) is 8.41. The predicted molar refractivity (Wildman–Crippen MR) is 73.2 cm³/mol. The van der Waals surface area contributed by atoms with Crippen LogP contribution in [0, 0.1) is 18.6 Å². The lowest BCUT2D eigenvalue weighted by molar-refractivity contribution is 0.101. The zero-order valence-electron chi connectivity index (χ0n) is 10.0. The van der Waals surface area contributed by atoms with Gasteiger partial charge in [0, 0.05) is 10.2 Å². The normalized spacial score (nSPS) is 10.3. The second-order valence-electron chi connectivity index (χ2n) is 4.01. The van der Waals surface area contributed by atoms with Crippen molar-refractivity contribution in [3.8, 4) is 0 Å². The Balaban J connectivity index is 2.28. The number of nitrogens with one attached hydrogen (secondary N) is 1. The smallest absolute Gasteiger partial charge is 0.261 e. The second-order valence-corrected chi connectivity index (χ2v) is 4.87. The lowest BCUT2D eigenvalue weighted by atomic mass is 10.1. The van der Waals surface area contributed by atoms with Gasteiger partial charge in [0.1, 0.15) is 17.2 Å². The topological polar surface area (TPSA) is 29.1 Å². The van der Waals surface area contributed by atoms with Gasteiger partial charge in [0.05, 0.1) is 0 Å². The summed E-state index contributed by atoms with van der Waals surface area (Å²) in [6.45, 7) is 1.85. The maximum absolute atomic E-state index is 13.4. The largest absolute Gasteiger partial charge is 0.322 e. The Bertz CT molecular complexity index is 623. The molecule has 2 aromatic rings. The third kappa shape index (κ3) is 2.98. The number of rotatable bonds is 2. The standard InChI is InChI=1S/C14H10BrF2NO/c1-8-7-9(5-6-10(8)15)18-14(19)13-11(16)3-2-4-12(13)17/h2-7H,1H3,(H,18,19). The fourth-order valence-corrected chi connectivity index (χ4v) is 1.88. The molecule has 98 valence electrons. The Kier molecular flexibility index (Phi) is 3.95. The van der Waals surface area contributed by atoms with Crippen molar-refractivity contribution in [1.29, 1.82) is 0 Å². The molecule has 0 aliphatic heterocycles. The third-order valence-corrected chi connectivity index (χ3v) is 3.50. The molecule has 2 nitrogen and oxygen atoms in total. The zero-order chi connectivity index (χ0) is 14.0. The van der Waals surface area contributed by atoms with Crippen LogP contribution in [0.2, 0.25) is 0 Å². The van der Waals surface area contributed by atoms with Crippen LogP contribution in [-0.4, -0.2) is 5.91 Å². The molecular formula is C14H10BrF2NO. The van der Waals surface area contributed by atoms with Gasteiger partial charge in [-0.25, -0.2) is 8.78 Å². The fraction of sp³-hybridized carbons (Fsp3) is 0.0714.